The average molecular weight is 1930 g/mol. The molecule has 0 saturated carbocycles. The summed E-state index contributed by atoms with van der Waals surface area (Å²) in [6, 6.07) is 32.2. The summed E-state index contributed by atoms with van der Waals surface area (Å²) >= 11 is 0. The maximum absolute atomic E-state index is 9.74. The van der Waals surface area contributed by atoms with Crippen LogP contribution < -0.4 is 19.6 Å². The van der Waals surface area contributed by atoms with Crippen LogP contribution in [-0.4, -0.2) is 74.3 Å². The molecule has 35 nitrogen and oxygen atoms in total. The molecule has 0 aliphatic rings. The SMILES string of the molecule is Cc1ccnc(-c2cc(C)ccn2)c1.Cc1ccnc(-c2cc(C)ccn2)c1.Cc1ccnc(-c2cc(C)ccn2)c1.Cc1ccnc(-c2cc(C)ccn2)c1.O=C(O)CCP(=O)([O-])[O-].O=C(O)CCP(=O)([O-])[O-].[Mo].[Mo].[Mo].[Mo].[Mo].[O-2].[O-2].[O-2].[O-2].[O-2].[O-2].[O-2].[O-2].[O-2].[O-2].[O-2].[O-2].[O-2].[O-2].[O-2].[OH3+].[OH3+].[Zn+2].[Zn+2]. The normalized spacial score (nSPS) is 7.88. The molecule has 0 unspecified atom stereocenters. The van der Waals surface area contributed by atoms with Gasteiger partial charge in [-0.15, -0.1) is 0 Å². The second-order valence-electron chi connectivity index (χ2n) is 16.7. The Labute approximate surface area is 664 Å². The summed E-state index contributed by atoms with van der Waals surface area (Å²) < 4.78 is 19.5. The number of aryl methyl sites for hydroxylation is 8. The first-order valence-corrected chi connectivity index (χ1v) is 26.2. The molecule has 8 rings (SSSR count). The molecule has 8 heterocycles. The first kappa shape index (κ1) is 157. The fourth-order valence-electron chi connectivity index (χ4n) is 5.88. The zero-order chi connectivity index (χ0) is 54.8. The number of pyridine rings is 8. The van der Waals surface area contributed by atoms with Crippen LogP contribution in [0.25, 0.3) is 45.6 Å². The molecule has 0 atom stereocenters. The number of nitrogens with zero attached hydrogens (tertiary/aromatic N) is 8. The molecule has 8 N–H and O–H groups in total. The fraction of sp³-hybridized carbons (Fsp3) is 0.222. The third kappa shape index (κ3) is 70.9. The zero-order valence-corrected chi connectivity index (χ0v) is 70.8. The second-order valence-corrected chi connectivity index (χ2v) is 20.0. The molecule has 0 amide bonds. The predicted octanol–water partition coefficient (Wildman–Crippen LogP) is 4.15. The molecule has 8 aromatic rings. The van der Waals surface area contributed by atoms with E-state index in [-0.39, 0.29) is 237 Å². The van der Waals surface area contributed by atoms with E-state index < -0.39 is 52.3 Å². The smallest absolute Gasteiger partial charge is 2.00 e. The van der Waals surface area contributed by atoms with Crippen LogP contribution in [0.15, 0.2) is 147 Å². The molecule has 0 spiro atoms. The summed E-state index contributed by atoms with van der Waals surface area (Å²) in [5.74, 6) is -2.55. The van der Waals surface area contributed by atoms with Gasteiger partial charge < -0.3 is 132 Å². The van der Waals surface area contributed by atoms with Crippen molar-refractivity contribution < 1.29 is 286 Å². The van der Waals surface area contributed by atoms with E-state index in [9.17, 15) is 38.3 Å². The molecule has 0 aliphatic carbocycles. The van der Waals surface area contributed by atoms with E-state index >= 15 is 0 Å². The van der Waals surface area contributed by atoms with Crippen molar-refractivity contribution in [1.29, 1.82) is 0 Å². The van der Waals surface area contributed by atoms with Gasteiger partial charge in [-0.05, 0) is 209 Å². The number of rotatable bonds is 10. The molecule has 0 aliphatic heterocycles. The Morgan fingerprint density at radius 1 is 0.296 bits per heavy atom. The molecule has 8 aromatic heterocycles. The monoisotopic (exact) mass is 1940 g/mol. The van der Waals surface area contributed by atoms with E-state index in [1.54, 1.807) is 0 Å². The molecule has 98 heavy (non-hydrogen) atoms. The molecular formula is C54H64Mo5N8O27P2Zn2-28. The molecule has 44 heteroatoms. The van der Waals surface area contributed by atoms with E-state index in [2.05, 4.69) is 95.3 Å². The van der Waals surface area contributed by atoms with Crippen molar-refractivity contribution in [2.75, 3.05) is 12.3 Å². The molecule has 0 radical (unpaired) electrons. The molecular weight excluding hydrogens is 1870 g/mol. The Hall–Kier alpha value is -3.55. The van der Waals surface area contributed by atoms with Crippen molar-refractivity contribution in [2.24, 2.45) is 0 Å². The average Bonchev–Trinajstić information content (AvgIpc) is 3.33. The van der Waals surface area contributed by atoms with Crippen molar-refractivity contribution in [1.82, 2.24) is 39.9 Å². The van der Waals surface area contributed by atoms with Crippen molar-refractivity contribution in [3.05, 3.63) is 191 Å². The van der Waals surface area contributed by atoms with E-state index in [4.69, 9.17) is 10.2 Å². The number of carboxylic acid groups (broad SMARTS) is 2. The largest absolute Gasteiger partial charge is 2.00 e. The number of carboxylic acids is 2. The van der Waals surface area contributed by atoms with E-state index in [0.717, 1.165) is 45.6 Å². The van der Waals surface area contributed by atoms with Crippen molar-refractivity contribution in [2.45, 2.75) is 68.2 Å². The Balaban J connectivity index is -0.0000000340. The van der Waals surface area contributed by atoms with E-state index in [1.807, 2.05) is 147 Å². The first-order chi connectivity index (χ1) is 34.8. The summed E-state index contributed by atoms with van der Waals surface area (Å²) in [7, 11) is -9.20. The van der Waals surface area contributed by atoms with Gasteiger partial charge in [-0.2, -0.15) is 0 Å². The maximum atomic E-state index is 9.74. The topological polar surface area (TPSA) is 798 Å². The van der Waals surface area contributed by atoms with Gasteiger partial charge in [0.1, 0.15) is 0 Å². The van der Waals surface area contributed by atoms with Gasteiger partial charge in [0.25, 0.3) is 0 Å². The van der Waals surface area contributed by atoms with Gasteiger partial charge in [0.2, 0.25) is 0 Å². The van der Waals surface area contributed by atoms with Gasteiger partial charge in [0.15, 0.2) is 0 Å². The first-order valence-electron chi connectivity index (χ1n) is 22.7. The van der Waals surface area contributed by atoms with Crippen molar-refractivity contribution in [3.63, 3.8) is 0 Å². The number of aromatic nitrogens is 8. The fourth-order valence-corrected chi connectivity index (χ4v) is 6.81. The van der Waals surface area contributed by atoms with Crippen LogP contribution in [0.2, 0.25) is 0 Å². The van der Waals surface area contributed by atoms with Crippen LogP contribution in [0, 0.1) is 55.4 Å². The Kier molecular flexibility index (Phi) is 132. The summed E-state index contributed by atoms with van der Waals surface area (Å²) in [6.07, 6.45) is 11.7. The zero-order valence-electron chi connectivity index (χ0n) is 53.1. The number of hydrogen-bond donors (Lipinski definition) is 2. The summed E-state index contributed by atoms with van der Waals surface area (Å²) in [4.78, 5) is 92.6. The quantitative estimate of drug-likeness (QED) is 0.110. The molecule has 0 aromatic carbocycles. The van der Waals surface area contributed by atoms with Crippen LogP contribution in [0.4, 0.5) is 0 Å². The minimum Gasteiger partial charge on any atom is -2.00 e. The van der Waals surface area contributed by atoms with Crippen LogP contribution in [0.5, 0.6) is 0 Å². The number of carbonyl (C=O) groups is 2. The molecule has 0 fully saturated rings. The van der Waals surface area contributed by atoms with E-state index in [1.165, 1.54) is 44.5 Å². The summed E-state index contributed by atoms with van der Waals surface area (Å²) in [5, 5.41) is 15.8. The third-order valence-corrected chi connectivity index (χ3v) is 11.1. The molecule has 0 saturated heterocycles. The third-order valence-electron chi connectivity index (χ3n) is 9.57. The molecule has 554 valence electrons. The predicted molar refractivity (Wildman–Crippen MR) is 297 cm³/mol. The minimum atomic E-state index is -4.60. The van der Waals surface area contributed by atoms with Gasteiger partial charge in [-0.25, -0.2) is 0 Å². The van der Waals surface area contributed by atoms with Gasteiger partial charge in [0.05, 0.1) is 45.6 Å². The second kappa shape index (κ2) is 82.4. The number of aliphatic carboxylic acids is 2. The van der Waals surface area contributed by atoms with Gasteiger partial charge in [-0.3, -0.25) is 49.5 Å². The standard InChI is InChI=1S/4C12H12N2.2C3H7O5P.5Mo.2H2O.15O.2Zn/c4*1-9-3-5-13-11(7-9)12-8-10(2)4-6-14-12;2*4-3(5)1-2-9(6,7)8;;;;;;;;;;;;;;;;;;;;;;;;/h4*3-8H,1-2H3;2*1-2H2,(H,4,5)(H2,6,7,8);;;;;;2*1H2;;;;;;;;;;;;;;;;;/q;;;;;;;;;;;;;15*-2;2*+2/p-2. The van der Waals surface area contributed by atoms with Crippen LogP contribution in [-0.2, 0) is 256 Å². The molecule has 0 bridgehead atoms. The van der Waals surface area contributed by atoms with Crippen LogP contribution >= 0.6 is 15.2 Å². The van der Waals surface area contributed by atoms with E-state index in [0.29, 0.717) is 0 Å². The van der Waals surface area contributed by atoms with Crippen LogP contribution in [0.3, 0.4) is 0 Å². The summed E-state index contributed by atoms with van der Waals surface area (Å²) in [6.45, 7) is 16.5. The van der Waals surface area contributed by atoms with Gasteiger partial charge in [-0.1, -0.05) is 15.2 Å². The van der Waals surface area contributed by atoms with Crippen molar-refractivity contribution >= 4 is 27.1 Å². The Bertz CT molecular complexity index is 2690. The maximum Gasteiger partial charge on any atom is 2.00 e. The number of hydrogen-bond acceptors (Lipinski definition) is 16. The van der Waals surface area contributed by atoms with Gasteiger partial charge >= 0.3 is 50.9 Å². The van der Waals surface area contributed by atoms with Crippen LogP contribution in [0.1, 0.15) is 57.3 Å². The van der Waals surface area contributed by atoms with Gasteiger partial charge in [0, 0.05) is 168 Å². The van der Waals surface area contributed by atoms with Crippen molar-refractivity contribution in [3.8, 4) is 45.6 Å². The Morgan fingerprint density at radius 3 is 0.459 bits per heavy atom. The minimum absolute atomic E-state index is 0. The Morgan fingerprint density at radius 2 is 0.398 bits per heavy atom. The summed E-state index contributed by atoms with van der Waals surface area (Å²) in [5.41, 5.74) is 17.2.